The summed E-state index contributed by atoms with van der Waals surface area (Å²) in [6, 6.07) is 18.7. The third-order valence-corrected chi connectivity index (χ3v) is 3.72. The van der Waals surface area contributed by atoms with E-state index in [1.165, 1.54) is 11.1 Å². The van der Waals surface area contributed by atoms with E-state index in [2.05, 4.69) is 49.1 Å². The Morgan fingerprint density at radius 2 is 1.68 bits per heavy atom. The first-order chi connectivity index (χ1) is 10.6. The van der Waals surface area contributed by atoms with Crippen molar-refractivity contribution in [1.82, 2.24) is 0 Å². The zero-order valence-corrected chi connectivity index (χ0v) is 13.4. The van der Waals surface area contributed by atoms with E-state index in [1.54, 1.807) is 7.11 Å². The van der Waals surface area contributed by atoms with E-state index < -0.39 is 0 Å². The highest BCUT2D eigenvalue weighted by Gasteiger charge is 2.08. The minimum atomic E-state index is 0.359. The molecule has 0 N–H and O–H groups in total. The van der Waals surface area contributed by atoms with E-state index >= 15 is 0 Å². The predicted octanol–water partition coefficient (Wildman–Crippen LogP) is 4.35. The Labute approximate surface area is 132 Å². The van der Waals surface area contributed by atoms with Gasteiger partial charge in [0.15, 0.2) is 0 Å². The topological polar surface area (TPSA) is 36.3 Å². The predicted molar refractivity (Wildman–Crippen MR) is 90.2 cm³/mol. The van der Waals surface area contributed by atoms with Crippen LogP contribution in [0.1, 0.15) is 30.9 Å². The van der Waals surface area contributed by atoms with Gasteiger partial charge >= 0.3 is 0 Å². The first-order valence-corrected chi connectivity index (χ1v) is 7.49. The van der Waals surface area contributed by atoms with Crippen LogP contribution in [-0.2, 0) is 6.54 Å². The first-order valence-electron chi connectivity index (χ1n) is 7.49. The van der Waals surface area contributed by atoms with Gasteiger partial charge in [0.05, 0.1) is 13.2 Å². The van der Waals surface area contributed by atoms with Crippen molar-refractivity contribution in [3.8, 4) is 11.8 Å². The molecule has 22 heavy (non-hydrogen) atoms. The molecule has 3 nitrogen and oxygen atoms in total. The maximum absolute atomic E-state index is 9.08. The van der Waals surface area contributed by atoms with Crippen LogP contribution in [0.5, 0.6) is 5.75 Å². The van der Waals surface area contributed by atoms with Gasteiger partial charge in [0.1, 0.15) is 12.3 Å². The number of anilines is 1. The van der Waals surface area contributed by atoms with Crippen LogP contribution >= 0.6 is 0 Å². The molecule has 3 heteroatoms. The maximum atomic E-state index is 9.08. The highest BCUT2D eigenvalue weighted by Crippen LogP contribution is 2.22. The van der Waals surface area contributed by atoms with Gasteiger partial charge in [-0.15, -0.1) is 0 Å². The monoisotopic (exact) mass is 294 g/mol. The third kappa shape index (κ3) is 4.02. The Morgan fingerprint density at radius 3 is 2.18 bits per heavy atom. The van der Waals surface area contributed by atoms with E-state index in [0.29, 0.717) is 12.5 Å². The van der Waals surface area contributed by atoms with Crippen LogP contribution in [0.3, 0.4) is 0 Å². The van der Waals surface area contributed by atoms with E-state index in [1.807, 2.05) is 24.3 Å². The summed E-state index contributed by atoms with van der Waals surface area (Å²) in [5.74, 6) is 1.35. The molecule has 2 rings (SSSR count). The summed E-state index contributed by atoms with van der Waals surface area (Å²) in [5, 5.41) is 9.08. The number of hydrogen-bond acceptors (Lipinski definition) is 3. The van der Waals surface area contributed by atoms with Crippen molar-refractivity contribution < 1.29 is 4.74 Å². The summed E-state index contributed by atoms with van der Waals surface area (Å²) in [6.07, 6.45) is 0. The van der Waals surface area contributed by atoms with Gasteiger partial charge in [-0.1, -0.05) is 38.1 Å². The number of benzene rings is 2. The van der Waals surface area contributed by atoms with E-state index in [0.717, 1.165) is 18.0 Å². The lowest BCUT2D eigenvalue weighted by atomic mass is 10.0. The summed E-state index contributed by atoms with van der Waals surface area (Å²) in [4.78, 5) is 2.06. The van der Waals surface area contributed by atoms with Crippen molar-refractivity contribution in [3.05, 3.63) is 59.7 Å². The largest absolute Gasteiger partial charge is 0.497 e. The minimum Gasteiger partial charge on any atom is -0.497 e. The Morgan fingerprint density at radius 1 is 1.05 bits per heavy atom. The van der Waals surface area contributed by atoms with Crippen LogP contribution in [-0.4, -0.2) is 13.7 Å². The van der Waals surface area contributed by atoms with Crippen molar-refractivity contribution in [2.75, 3.05) is 18.6 Å². The standard InChI is InChI=1S/C19H22N2O/c1-15(2)17-6-4-16(5-7-17)14-21(13-12-20)18-8-10-19(22-3)11-9-18/h4-11,15H,13-14H2,1-3H3. The average molecular weight is 294 g/mol. The molecule has 0 heterocycles. The second kappa shape index (κ2) is 7.51. The Bertz CT molecular complexity index is 624. The molecule has 0 atom stereocenters. The molecule has 114 valence electrons. The summed E-state index contributed by atoms with van der Waals surface area (Å²) >= 11 is 0. The number of rotatable bonds is 6. The molecule has 0 unspecified atom stereocenters. The molecule has 0 fully saturated rings. The van der Waals surface area contributed by atoms with Crippen LogP contribution in [0.4, 0.5) is 5.69 Å². The zero-order chi connectivity index (χ0) is 15.9. The Kier molecular flexibility index (Phi) is 5.43. The quantitative estimate of drug-likeness (QED) is 0.743. The molecule has 0 saturated heterocycles. The molecular formula is C19H22N2O. The Hall–Kier alpha value is -2.47. The third-order valence-electron chi connectivity index (χ3n) is 3.72. The molecule has 0 spiro atoms. The average Bonchev–Trinajstić information content (AvgIpc) is 2.55. The maximum Gasteiger partial charge on any atom is 0.119 e. The van der Waals surface area contributed by atoms with Crippen molar-refractivity contribution in [3.63, 3.8) is 0 Å². The number of nitriles is 1. The fourth-order valence-electron chi connectivity index (χ4n) is 2.35. The summed E-state index contributed by atoms with van der Waals surface area (Å²) in [7, 11) is 1.65. The molecular weight excluding hydrogens is 272 g/mol. The van der Waals surface area contributed by atoms with Crippen LogP contribution in [0.25, 0.3) is 0 Å². The van der Waals surface area contributed by atoms with Gasteiger partial charge in [-0.3, -0.25) is 0 Å². The molecule has 0 saturated carbocycles. The van der Waals surface area contributed by atoms with E-state index in [4.69, 9.17) is 10.00 Å². The number of ether oxygens (including phenoxy) is 1. The lowest BCUT2D eigenvalue weighted by Gasteiger charge is -2.22. The smallest absolute Gasteiger partial charge is 0.119 e. The van der Waals surface area contributed by atoms with Gasteiger partial charge in [-0.25, -0.2) is 0 Å². The van der Waals surface area contributed by atoms with Crippen molar-refractivity contribution in [2.24, 2.45) is 0 Å². The lowest BCUT2D eigenvalue weighted by Crippen LogP contribution is -2.22. The van der Waals surface area contributed by atoms with Gasteiger partial charge in [0.2, 0.25) is 0 Å². The summed E-state index contributed by atoms with van der Waals surface area (Å²) in [5.41, 5.74) is 3.56. The molecule has 0 aliphatic rings. The Balaban J connectivity index is 2.15. The number of methoxy groups -OCH3 is 1. The lowest BCUT2D eigenvalue weighted by molar-refractivity contribution is 0.415. The van der Waals surface area contributed by atoms with Gasteiger partial charge in [0, 0.05) is 12.2 Å². The van der Waals surface area contributed by atoms with E-state index in [9.17, 15) is 0 Å². The highest BCUT2D eigenvalue weighted by atomic mass is 16.5. The second-order valence-corrected chi connectivity index (χ2v) is 5.61. The van der Waals surface area contributed by atoms with Gasteiger partial charge < -0.3 is 9.64 Å². The van der Waals surface area contributed by atoms with Gasteiger partial charge in [-0.2, -0.15) is 5.26 Å². The molecule has 0 aliphatic heterocycles. The van der Waals surface area contributed by atoms with Gasteiger partial charge in [0.25, 0.3) is 0 Å². The molecule has 0 aliphatic carbocycles. The van der Waals surface area contributed by atoms with Crippen LogP contribution < -0.4 is 9.64 Å². The van der Waals surface area contributed by atoms with Crippen LogP contribution in [0, 0.1) is 11.3 Å². The SMILES string of the molecule is COc1ccc(N(CC#N)Cc2ccc(C(C)C)cc2)cc1. The molecule has 2 aromatic rings. The van der Waals surface area contributed by atoms with Gasteiger partial charge in [-0.05, 0) is 41.3 Å². The molecule has 0 amide bonds. The molecule has 0 bridgehead atoms. The normalized spacial score (nSPS) is 10.3. The van der Waals surface area contributed by atoms with E-state index in [-0.39, 0.29) is 0 Å². The summed E-state index contributed by atoms with van der Waals surface area (Å²) in [6.45, 7) is 5.46. The number of hydrogen-bond donors (Lipinski definition) is 0. The molecule has 2 aromatic carbocycles. The molecule has 0 radical (unpaired) electrons. The highest BCUT2D eigenvalue weighted by molar-refractivity contribution is 5.50. The van der Waals surface area contributed by atoms with Crippen molar-refractivity contribution in [2.45, 2.75) is 26.3 Å². The fraction of sp³-hybridized carbons (Fsp3) is 0.316. The summed E-state index contributed by atoms with van der Waals surface area (Å²) < 4.78 is 5.18. The zero-order valence-electron chi connectivity index (χ0n) is 13.4. The minimum absolute atomic E-state index is 0.359. The van der Waals surface area contributed by atoms with Crippen molar-refractivity contribution in [1.29, 1.82) is 5.26 Å². The first kappa shape index (κ1) is 15.9. The van der Waals surface area contributed by atoms with Crippen LogP contribution in [0.2, 0.25) is 0 Å². The van der Waals surface area contributed by atoms with Crippen LogP contribution in [0.15, 0.2) is 48.5 Å². The van der Waals surface area contributed by atoms with Crippen molar-refractivity contribution >= 4 is 5.69 Å². The fourth-order valence-corrected chi connectivity index (χ4v) is 2.35. The number of nitrogens with zero attached hydrogens (tertiary/aromatic N) is 2. The molecule has 0 aromatic heterocycles. The second-order valence-electron chi connectivity index (χ2n) is 5.61.